The lowest BCUT2D eigenvalue weighted by Gasteiger charge is -2.25. The number of hydrogen-bond donors (Lipinski definition) is 1. The van der Waals surface area contributed by atoms with Crippen molar-refractivity contribution in [2.75, 3.05) is 6.54 Å². The van der Waals surface area contributed by atoms with Gasteiger partial charge in [0, 0.05) is 12.6 Å². The summed E-state index contributed by atoms with van der Waals surface area (Å²) in [7, 11) is 0. The van der Waals surface area contributed by atoms with Gasteiger partial charge in [-0.15, -0.1) is 0 Å². The first kappa shape index (κ1) is 13.8. The predicted molar refractivity (Wildman–Crippen MR) is 64.8 cm³/mol. The molecule has 1 amide bonds. The van der Waals surface area contributed by atoms with Gasteiger partial charge in [0.05, 0.1) is 6.42 Å². The molecule has 5 nitrogen and oxygen atoms in total. The van der Waals surface area contributed by atoms with E-state index in [0.29, 0.717) is 11.2 Å². The largest absolute Gasteiger partial charge is 0.481 e. The molecule has 0 aliphatic heterocycles. The average molecular weight is 304 g/mol. The van der Waals surface area contributed by atoms with Gasteiger partial charge in [0.2, 0.25) is 0 Å². The third-order valence-corrected chi connectivity index (χ3v) is 2.81. The number of aliphatic carboxylic acids is 1. The van der Waals surface area contributed by atoms with Gasteiger partial charge in [-0.3, -0.25) is 9.59 Å². The van der Waals surface area contributed by atoms with Crippen LogP contribution in [0.3, 0.4) is 0 Å². The summed E-state index contributed by atoms with van der Waals surface area (Å²) >= 11 is 3.12. The van der Waals surface area contributed by atoms with Gasteiger partial charge < -0.3 is 14.4 Å². The van der Waals surface area contributed by atoms with Crippen LogP contribution in [-0.2, 0) is 4.79 Å². The summed E-state index contributed by atoms with van der Waals surface area (Å²) in [5.41, 5.74) is 0. The zero-order chi connectivity index (χ0) is 13.0. The molecule has 1 aromatic heterocycles. The van der Waals surface area contributed by atoms with Crippen LogP contribution in [0.5, 0.6) is 0 Å². The topological polar surface area (TPSA) is 70.8 Å². The molecule has 94 valence electrons. The van der Waals surface area contributed by atoms with Crippen molar-refractivity contribution in [2.24, 2.45) is 0 Å². The Morgan fingerprint density at radius 2 is 2.18 bits per heavy atom. The number of carboxylic acids is 1. The standard InChI is InChI=1S/C11H14BrNO4/c1-3-13(7(2)6-10(14)15)11(16)8-4-5-9(12)17-8/h4-5,7H,3,6H2,1-2H3,(H,14,15). The predicted octanol–water partition coefficient (Wildman–Crippen LogP) is 2.37. The summed E-state index contributed by atoms with van der Waals surface area (Å²) in [5, 5.41) is 8.72. The lowest BCUT2D eigenvalue weighted by atomic mass is 10.2. The van der Waals surface area contributed by atoms with Crippen LogP contribution in [0.4, 0.5) is 0 Å². The monoisotopic (exact) mass is 303 g/mol. The molecule has 1 heterocycles. The summed E-state index contributed by atoms with van der Waals surface area (Å²) in [4.78, 5) is 24.1. The summed E-state index contributed by atoms with van der Waals surface area (Å²) in [6.07, 6.45) is -0.0819. The summed E-state index contributed by atoms with van der Waals surface area (Å²) < 4.78 is 5.64. The van der Waals surface area contributed by atoms with E-state index in [4.69, 9.17) is 9.52 Å². The van der Waals surface area contributed by atoms with E-state index in [0.717, 1.165) is 0 Å². The van der Waals surface area contributed by atoms with E-state index in [9.17, 15) is 9.59 Å². The molecule has 1 rings (SSSR count). The number of rotatable bonds is 5. The fourth-order valence-electron chi connectivity index (χ4n) is 1.59. The molecular formula is C11H14BrNO4. The molecule has 0 aliphatic rings. The number of carbonyl (C=O) groups excluding carboxylic acids is 1. The number of carboxylic acid groups (broad SMARTS) is 1. The second-order valence-corrected chi connectivity index (χ2v) is 4.42. The zero-order valence-corrected chi connectivity index (χ0v) is 11.2. The molecule has 6 heteroatoms. The van der Waals surface area contributed by atoms with Gasteiger partial charge in [0.25, 0.3) is 5.91 Å². The van der Waals surface area contributed by atoms with Gasteiger partial charge in [-0.1, -0.05) is 0 Å². The fraction of sp³-hybridized carbons (Fsp3) is 0.455. The Bertz CT molecular complexity index is 415. The van der Waals surface area contributed by atoms with Gasteiger partial charge in [-0.25, -0.2) is 0 Å². The van der Waals surface area contributed by atoms with Gasteiger partial charge in [-0.05, 0) is 41.9 Å². The van der Waals surface area contributed by atoms with E-state index in [1.54, 1.807) is 26.0 Å². The highest BCUT2D eigenvalue weighted by molar-refractivity contribution is 9.10. The van der Waals surface area contributed by atoms with Crippen LogP contribution in [0.2, 0.25) is 0 Å². The molecule has 0 saturated heterocycles. The maximum atomic E-state index is 12.0. The van der Waals surface area contributed by atoms with Crippen molar-refractivity contribution in [2.45, 2.75) is 26.3 Å². The van der Waals surface area contributed by atoms with E-state index < -0.39 is 5.97 Å². The Hall–Kier alpha value is -1.30. The Morgan fingerprint density at radius 1 is 1.53 bits per heavy atom. The second-order valence-electron chi connectivity index (χ2n) is 3.64. The third kappa shape index (κ3) is 3.59. The van der Waals surface area contributed by atoms with Crippen LogP contribution in [0, 0.1) is 0 Å². The number of nitrogens with zero attached hydrogens (tertiary/aromatic N) is 1. The first-order valence-electron chi connectivity index (χ1n) is 5.23. The maximum Gasteiger partial charge on any atom is 0.305 e. The highest BCUT2D eigenvalue weighted by atomic mass is 79.9. The second kappa shape index (κ2) is 5.86. The van der Waals surface area contributed by atoms with E-state index >= 15 is 0 Å². The number of carbonyl (C=O) groups is 2. The maximum absolute atomic E-state index is 12.0. The lowest BCUT2D eigenvalue weighted by Crippen LogP contribution is -2.39. The minimum absolute atomic E-state index is 0.0819. The normalized spacial score (nSPS) is 12.2. The van der Waals surface area contributed by atoms with Gasteiger partial charge in [-0.2, -0.15) is 0 Å². The molecule has 0 spiro atoms. The molecule has 0 bridgehead atoms. The minimum Gasteiger partial charge on any atom is -0.481 e. The summed E-state index contributed by atoms with van der Waals surface area (Å²) in [5.74, 6) is -1.02. The molecule has 0 fully saturated rings. The number of furan rings is 1. The summed E-state index contributed by atoms with van der Waals surface area (Å²) in [6.45, 7) is 3.94. The van der Waals surface area contributed by atoms with Crippen LogP contribution < -0.4 is 0 Å². The molecule has 1 atom stereocenters. The molecule has 1 N–H and O–H groups in total. The van der Waals surface area contributed by atoms with Gasteiger partial charge >= 0.3 is 5.97 Å². The highest BCUT2D eigenvalue weighted by Gasteiger charge is 2.24. The van der Waals surface area contributed by atoms with Gasteiger partial charge in [0.15, 0.2) is 10.4 Å². The van der Waals surface area contributed by atoms with E-state index in [2.05, 4.69) is 15.9 Å². The van der Waals surface area contributed by atoms with Crippen molar-refractivity contribution in [3.05, 3.63) is 22.6 Å². The first-order valence-corrected chi connectivity index (χ1v) is 6.03. The van der Waals surface area contributed by atoms with Crippen LogP contribution in [0.15, 0.2) is 21.2 Å². The molecule has 1 unspecified atom stereocenters. The first-order chi connectivity index (χ1) is 7.95. The molecule has 17 heavy (non-hydrogen) atoms. The smallest absolute Gasteiger partial charge is 0.305 e. The molecule has 0 aliphatic carbocycles. The van der Waals surface area contributed by atoms with E-state index in [1.165, 1.54) is 4.90 Å². The van der Waals surface area contributed by atoms with Crippen LogP contribution in [0.25, 0.3) is 0 Å². The Balaban J connectivity index is 2.80. The van der Waals surface area contributed by atoms with Crippen molar-refractivity contribution >= 4 is 27.8 Å². The number of hydrogen-bond acceptors (Lipinski definition) is 3. The lowest BCUT2D eigenvalue weighted by molar-refractivity contribution is -0.138. The summed E-state index contributed by atoms with van der Waals surface area (Å²) in [6, 6.07) is 2.82. The zero-order valence-electron chi connectivity index (χ0n) is 9.64. The number of amides is 1. The average Bonchev–Trinajstić information content (AvgIpc) is 2.64. The van der Waals surface area contributed by atoms with Crippen molar-refractivity contribution in [1.82, 2.24) is 4.90 Å². The quantitative estimate of drug-likeness (QED) is 0.906. The van der Waals surface area contributed by atoms with E-state index in [1.807, 2.05) is 0 Å². The van der Waals surface area contributed by atoms with Crippen LogP contribution >= 0.6 is 15.9 Å². The van der Waals surface area contributed by atoms with Crippen molar-refractivity contribution in [3.8, 4) is 0 Å². The van der Waals surface area contributed by atoms with E-state index in [-0.39, 0.29) is 24.1 Å². The van der Waals surface area contributed by atoms with Crippen molar-refractivity contribution < 1.29 is 19.1 Å². The molecule has 0 radical (unpaired) electrons. The number of halogens is 1. The Labute approximate surface area is 108 Å². The molecule has 0 aromatic carbocycles. The van der Waals surface area contributed by atoms with Crippen LogP contribution in [0.1, 0.15) is 30.8 Å². The molecular weight excluding hydrogens is 290 g/mol. The fourth-order valence-corrected chi connectivity index (χ4v) is 1.90. The Kier molecular flexibility index (Phi) is 4.74. The minimum atomic E-state index is -0.927. The van der Waals surface area contributed by atoms with Crippen molar-refractivity contribution in [1.29, 1.82) is 0 Å². The molecule has 0 saturated carbocycles. The van der Waals surface area contributed by atoms with Gasteiger partial charge in [0.1, 0.15) is 0 Å². The van der Waals surface area contributed by atoms with Crippen molar-refractivity contribution in [3.63, 3.8) is 0 Å². The SMILES string of the molecule is CCN(C(=O)c1ccc(Br)o1)C(C)CC(=O)O. The third-order valence-electron chi connectivity index (χ3n) is 2.39. The highest BCUT2D eigenvalue weighted by Crippen LogP contribution is 2.17. The molecule has 1 aromatic rings. The van der Waals surface area contributed by atoms with Crippen LogP contribution in [-0.4, -0.2) is 34.5 Å². The Morgan fingerprint density at radius 3 is 2.59 bits per heavy atom.